The van der Waals surface area contributed by atoms with Crippen LogP contribution in [-0.4, -0.2) is 12.0 Å². The predicted octanol–water partition coefficient (Wildman–Crippen LogP) is 3.16. The van der Waals surface area contributed by atoms with Crippen molar-refractivity contribution in [2.75, 3.05) is 7.05 Å². The van der Waals surface area contributed by atoms with Crippen molar-refractivity contribution < 1.29 is 4.39 Å². The zero-order valence-corrected chi connectivity index (χ0v) is 11.2. The highest BCUT2D eigenvalue weighted by Gasteiger charge is 2.67. The van der Waals surface area contributed by atoms with Crippen LogP contribution in [0, 0.1) is 22.6 Å². The minimum atomic E-state index is -0.217. The molecule has 1 unspecified atom stereocenters. The van der Waals surface area contributed by atoms with E-state index >= 15 is 0 Å². The summed E-state index contributed by atoms with van der Waals surface area (Å²) in [7, 11) is 1.90. The van der Waals surface area contributed by atoms with E-state index in [2.05, 4.69) is 38.0 Å². The fourth-order valence-corrected chi connectivity index (χ4v) is 3.22. The maximum absolute atomic E-state index is 13.8. The Labute approximate surface area is 103 Å². The number of rotatable bonds is 3. The van der Waals surface area contributed by atoms with Gasteiger partial charge in [-0.1, -0.05) is 27.7 Å². The van der Waals surface area contributed by atoms with Gasteiger partial charge in [0, 0.05) is 17.8 Å². The lowest BCUT2D eigenvalue weighted by molar-refractivity contribution is 0.420. The van der Waals surface area contributed by atoms with Gasteiger partial charge in [-0.2, -0.15) is 0 Å². The molecule has 0 radical (unpaired) electrons. The van der Waals surface area contributed by atoms with Crippen molar-refractivity contribution >= 4 is 0 Å². The van der Waals surface area contributed by atoms with Crippen molar-refractivity contribution in [3.8, 4) is 0 Å². The van der Waals surface area contributed by atoms with Gasteiger partial charge in [0.05, 0.1) is 6.20 Å². The summed E-state index contributed by atoms with van der Waals surface area (Å²) in [6, 6.07) is 1.84. The van der Waals surface area contributed by atoms with Crippen LogP contribution in [0.15, 0.2) is 18.5 Å². The first-order valence-corrected chi connectivity index (χ1v) is 6.10. The first-order chi connectivity index (χ1) is 7.84. The Balaban J connectivity index is 2.35. The van der Waals surface area contributed by atoms with Gasteiger partial charge in [-0.15, -0.1) is 0 Å². The summed E-state index contributed by atoms with van der Waals surface area (Å²) in [5.74, 6) is 0.224. The molecule has 1 fully saturated rings. The number of hydrogen-bond acceptors (Lipinski definition) is 2. The molecule has 1 aromatic rings. The number of pyridine rings is 1. The number of halogens is 1. The highest BCUT2D eigenvalue weighted by molar-refractivity contribution is 5.26. The summed E-state index contributed by atoms with van der Waals surface area (Å²) in [4.78, 5) is 3.81. The van der Waals surface area contributed by atoms with Crippen molar-refractivity contribution in [3.63, 3.8) is 0 Å². The zero-order valence-electron chi connectivity index (χ0n) is 11.2. The average Bonchev–Trinajstić information content (AvgIpc) is 2.64. The largest absolute Gasteiger partial charge is 0.313 e. The first kappa shape index (κ1) is 12.5. The highest BCUT2D eigenvalue weighted by atomic mass is 19.1. The third-order valence-electron chi connectivity index (χ3n) is 4.92. The van der Waals surface area contributed by atoms with Gasteiger partial charge in [-0.3, -0.25) is 4.98 Å². The van der Waals surface area contributed by atoms with Crippen LogP contribution >= 0.6 is 0 Å². The van der Waals surface area contributed by atoms with Crippen LogP contribution in [0.25, 0.3) is 0 Å². The number of hydrogen-bond donors (Lipinski definition) is 1. The molecule has 1 aliphatic carbocycles. The Hall–Kier alpha value is -0.960. The van der Waals surface area contributed by atoms with E-state index in [1.165, 1.54) is 6.20 Å². The number of aromatic nitrogens is 1. The van der Waals surface area contributed by atoms with Crippen LogP contribution in [0.2, 0.25) is 0 Å². The van der Waals surface area contributed by atoms with E-state index in [-0.39, 0.29) is 22.7 Å². The smallest absolute Gasteiger partial charge is 0.146 e. The molecule has 17 heavy (non-hydrogen) atoms. The van der Waals surface area contributed by atoms with Gasteiger partial charge >= 0.3 is 0 Å². The van der Waals surface area contributed by atoms with Crippen molar-refractivity contribution in [1.29, 1.82) is 0 Å². The maximum atomic E-state index is 13.8. The second kappa shape index (κ2) is 3.77. The number of nitrogens with one attached hydrogen (secondary N) is 1. The minimum absolute atomic E-state index is 0.0583. The van der Waals surface area contributed by atoms with E-state index in [0.717, 1.165) is 5.56 Å². The molecule has 1 N–H and O–H groups in total. The predicted molar refractivity (Wildman–Crippen MR) is 67.0 cm³/mol. The molecule has 2 nitrogen and oxygen atoms in total. The molecule has 0 spiro atoms. The maximum Gasteiger partial charge on any atom is 0.146 e. The van der Waals surface area contributed by atoms with E-state index in [9.17, 15) is 4.39 Å². The first-order valence-electron chi connectivity index (χ1n) is 6.10. The van der Waals surface area contributed by atoms with Crippen molar-refractivity contribution in [1.82, 2.24) is 10.3 Å². The molecule has 1 aromatic heterocycles. The summed E-state index contributed by atoms with van der Waals surface area (Å²) in [5.41, 5.74) is 1.19. The van der Waals surface area contributed by atoms with E-state index in [4.69, 9.17) is 0 Å². The lowest BCUT2D eigenvalue weighted by Gasteiger charge is -2.19. The van der Waals surface area contributed by atoms with Crippen LogP contribution < -0.4 is 5.32 Å². The second-order valence-corrected chi connectivity index (χ2v) is 6.08. The SMILES string of the molecule is CNC(c1ccncc1F)C1C(C)(C)C1(C)C. The Morgan fingerprint density at radius 2 is 1.88 bits per heavy atom. The van der Waals surface area contributed by atoms with Crippen LogP contribution in [0.3, 0.4) is 0 Å². The number of nitrogens with zero attached hydrogens (tertiary/aromatic N) is 1. The van der Waals surface area contributed by atoms with Gasteiger partial charge < -0.3 is 5.32 Å². The van der Waals surface area contributed by atoms with Crippen molar-refractivity contribution in [2.45, 2.75) is 33.7 Å². The molecule has 2 rings (SSSR count). The molecule has 94 valence electrons. The zero-order chi connectivity index (χ0) is 12.8. The summed E-state index contributed by atoms with van der Waals surface area (Å²) in [6.07, 6.45) is 2.95. The summed E-state index contributed by atoms with van der Waals surface area (Å²) in [6.45, 7) is 9.00. The molecular formula is C14H21FN2. The van der Waals surface area contributed by atoms with Crippen LogP contribution in [0.4, 0.5) is 4.39 Å². The van der Waals surface area contributed by atoms with Gasteiger partial charge in [0.1, 0.15) is 5.82 Å². The quantitative estimate of drug-likeness (QED) is 0.872. The Bertz CT molecular complexity index is 412. The molecule has 0 saturated heterocycles. The van der Waals surface area contributed by atoms with Crippen LogP contribution in [0.1, 0.15) is 39.3 Å². The van der Waals surface area contributed by atoms with Crippen LogP contribution in [0.5, 0.6) is 0 Å². The fourth-order valence-electron chi connectivity index (χ4n) is 3.22. The van der Waals surface area contributed by atoms with E-state index < -0.39 is 0 Å². The molecule has 1 atom stereocenters. The van der Waals surface area contributed by atoms with E-state index in [1.807, 2.05) is 7.05 Å². The third-order valence-corrected chi connectivity index (χ3v) is 4.92. The second-order valence-electron chi connectivity index (χ2n) is 6.08. The lowest BCUT2D eigenvalue weighted by atomic mass is 9.97. The molecule has 0 amide bonds. The monoisotopic (exact) mass is 236 g/mol. The normalized spacial score (nSPS) is 23.4. The van der Waals surface area contributed by atoms with Gasteiger partial charge in [0.25, 0.3) is 0 Å². The molecule has 0 bridgehead atoms. The summed E-state index contributed by atoms with van der Waals surface area (Å²) in [5, 5.41) is 3.26. The molecular weight excluding hydrogens is 215 g/mol. The molecule has 3 heteroatoms. The van der Waals surface area contributed by atoms with Gasteiger partial charge in [-0.25, -0.2) is 4.39 Å². The van der Waals surface area contributed by atoms with Gasteiger partial charge in [0.15, 0.2) is 0 Å². The fraction of sp³-hybridized carbons (Fsp3) is 0.643. The van der Waals surface area contributed by atoms with Crippen LogP contribution in [-0.2, 0) is 0 Å². The Morgan fingerprint density at radius 3 is 2.29 bits per heavy atom. The highest BCUT2D eigenvalue weighted by Crippen LogP contribution is 2.72. The molecule has 0 aromatic carbocycles. The topological polar surface area (TPSA) is 24.9 Å². The molecule has 0 aliphatic heterocycles. The Morgan fingerprint density at radius 1 is 1.29 bits per heavy atom. The summed E-state index contributed by atoms with van der Waals surface area (Å²) < 4.78 is 13.8. The van der Waals surface area contributed by atoms with E-state index in [1.54, 1.807) is 12.3 Å². The molecule has 1 heterocycles. The van der Waals surface area contributed by atoms with Crippen molar-refractivity contribution in [3.05, 3.63) is 29.8 Å². The third kappa shape index (κ3) is 1.68. The Kier molecular flexibility index (Phi) is 2.77. The standard InChI is InChI=1S/C14H21FN2/c1-13(2)12(14(13,3)4)11(16-5)9-6-7-17-8-10(9)15/h6-8,11-12,16H,1-5H3. The van der Waals surface area contributed by atoms with Gasteiger partial charge in [-0.05, 0) is 29.9 Å². The average molecular weight is 236 g/mol. The molecule has 1 aliphatic rings. The van der Waals surface area contributed by atoms with Gasteiger partial charge in [0.2, 0.25) is 0 Å². The summed E-state index contributed by atoms with van der Waals surface area (Å²) >= 11 is 0. The van der Waals surface area contributed by atoms with Crippen molar-refractivity contribution in [2.24, 2.45) is 16.7 Å². The van der Waals surface area contributed by atoms with E-state index in [0.29, 0.717) is 5.92 Å². The molecule has 1 saturated carbocycles. The lowest BCUT2D eigenvalue weighted by Crippen LogP contribution is -2.22. The minimum Gasteiger partial charge on any atom is -0.313 e.